The third-order valence-corrected chi connectivity index (χ3v) is 3.14. The fourth-order valence-electron chi connectivity index (χ4n) is 2.22. The standard InChI is InChI=1S/C17H20N2O2.C2H6/c1-3-5-6-7-10-19-15-9-8-14(18)11-13(15)12-16(19)17(20)21-4-2;1-2/h3,5-9,11-12H,4,10,18H2,1-2H3;1-2H3/b5-3-,7-6-;. The zero-order valence-electron chi connectivity index (χ0n) is 14.4. The molecule has 0 bridgehead atoms. The molecule has 0 saturated heterocycles. The Morgan fingerprint density at radius 1 is 1.26 bits per heavy atom. The molecule has 0 atom stereocenters. The predicted molar refractivity (Wildman–Crippen MR) is 97.6 cm³/mol. The molecule has 0 fully saturated rings. The fourth-order valence-corrected chi connectivity index (χ4v) is 2.22. The van der Waals surface area contributed by atoms with Crippen molar-refractivity contribution >= 4 is 22.6 Å². The molecule has 2 rings (SSSR count). The van der Waals surface area contributed by atoms with Crippen LogP contribution in [0.3, 0.4) is 0 Å². The van der Waals surface area contributed by atoms with Crippen LogP contribution >= 0.6 is 0 Å². The number of fused-ring (bicyclic) bond motifs is 1. The highest BCUT2D eigenvalue weighted by molar-refractivity contribution is 5.96. The van der Waals surface area contributed by atoms with Crippen molar-refractivity contribution in [2.45, 2.75) is 34.2 Å². The number of carbonyl (C=O) groups excluding carboxylic acids is 1. The molecule has 23 heavy (non-hydrogen) atoms. The van der Waals surface area contributed by atoms with Gasteiger partial charge in [-0.2, -0.15) is 0 Å². The molecular weight excluding hydrogens is 288 g/mol. The minimum absolute atomic E-state index is 0.313. The predicted octanol–water partition coefficient (Wildman–Crippen LogP) is 4.56. The van der Waals surface area contributed by atoms with Gasteiger partial charge in [0, 0.05) is 23.1 Å². The summed E-state index contributed by atoms with van der Waals surface area (Å²) in [5, 5.41) is 0.942. The Bertz CT molecular complexity index is 697. The lowest BCUT2D eigenvalue weighted by Gasteiger charge is -2.07. The molecule has 0 unspecified atom stereocenters. The third kappa shape index (κ3) is 4.74. The van der Waals surface area contributed by atoms with Gasteiger partial charge in [0.1, 0.15) is 5.69 Å². The van der Waals surface area contributed by atoms with E-state index in [1.165, 1.54) is 0 Å². The van der Waals surface area contributed by atoms with Crippen molar-refractivity contribution in [2.75, 3.05) is 12.3 Å². The topological polar surface area (TPSA) is 57.2 Å². The Morgan fingerprint density at radius 3 is 2.65 bits per heavy atom. The van der Waals surface area contributed by atoms with Crippen LogP contribution in [-0.2, 0) is 11.3 Å². The Labute approximate surface area is 138 Å². The summed E-state index contributed by atoms with van der Waals surface area (Å²) < 4.78 is 7.06. The summed E-state index contributed by atoms with van der Waals surface area (Å²) in [5.41, 5.74) is 8.00. The number of benzene rings is 1. The monoisotopic (exact) mass is 314 g/mol. The molecule has 0 aliphatic carbocycles. The highest BCUT2D eigenvalue weighted by Gasteiger charge is 2.15. The van der Waals surface area contributed by atoms with Crippen molar-refractivity contribution in [1.29, 1.82) is 0 Å². The number of allylic oxidation sites excluding steroid dienone is 4. The van der Waals surface area contributed by atoms with Crippen molar-refractivity contribution in [3.63, 3.8) is 0 Å². The summed E-state index contributed by atoms with van der Waals surface area (Å²) in [5.74, 6) is -0.313. The number of ether oxygens (including phenoxy) is 1. The van der Waals surface area contributed by atoms with Gasteiger partial charge in [0.15, 0.2) is 0 Å². The highest BCUT2D eigenvalue weighted by atomic mass is 16.5. The number of nitrogens with zero attached hydrogens (tertiary/aromatic N) is 1. The molecule has 0 saturated carbocycles. The van der Waals surface area contributed by atoms with Gasteiger partial charge in [-0.05, 0) is 38.1 Å². The third-order valence-electron chi connectivity index (χ3n) is 3.14. The number of esters is 1. The van der Waals surface area contributed by atoms with Gasteiger partial charge in [0.2, 0.25) is 0 Å². The van der Waals surface area contributed by atoms with Gasteiger partial charge in [0.05, 0.1) is 6.61 Å². The summed E-state index contributed by atoms with van der Waals surface area (Å²) in [7, 11) is 0. The van der Waals surface area contributed by atoms with Crippen LogP contribution < -0.4 is 5.73 Å². The van der Waals surface area contributed by atoms with Crippen molar-refractivity contribution in [2.24, 2.45) is 0 Å². The summed E-state index contributed by atoms with van der Waals surface area (Å²) >= 11 is 0. The zero-order chi connectivity index (χ0) is 17.2. The highest BCUT2D eigenvalue weighted by Crippen LogP contribution is 2.23. The van der Waals surface area contributed by atoms with Gasteiger partial charge in [-0.3, -0.25) is 0 Å². The first-order chi connectivity index (χ1) is 11.2. The minimum Gasteiger partial charge on any atom is -0.461 e. The SMILES string of the molecule is C/C=C\C=C/Cn1c(C(=O)OCC)cc2cc(N)ccc21.CC. The van der Waals surface area contributed by atoms with E-state index in [1.807, 2.05) is 73.9 Å². The van der Waals surface area contributed by atoms with E-state index in [4.69, 9.17) is 10.5 Å². The van der Waals surface area contributed by atoms with Gasteiger partial charge in [0.25, 0.3) is 0 Å². The van der Waals surface area contributed by atoms with Crippen LogP contribution in [0.1, 0.15) is 38.2 Å². The first kappa shape index (κ1) is 18.6. The number of hydrogen-bond donors (Lipinski definition) is 1. The van der Waals surface area contributed by atoms with Crippen LogP contribution in [0.4, 0.5) is 5.69 Å². The van der Waals surface area contributed by atoms with E-state index in [0.717, 1.165) is 10.9 Å². The maximum atomic E-state index is 12.1. The molecule has 4 nitrogen and oxygen atoms in total. The normalized spacial score (nSPS) is 11.0. The molecule has 1 heterocycles. The number of rotatable bonds is 5. The van der Waals surface area contributed by atoms with Gasteiger partial charge in [-0.1, -0.05) is 38.2 Å². The second kappa shape index (κ2) is 9.51. The summed E-state index contributed by atoms with van der Waals surface area (Å²) in [6, 6.07) is 7.46. The number of nitrogens with two attached hydrogens (primary N) is 1. The van der Waals surface area contributed by atoms with E-state index in [2.05, 4.69) is 0 Å². The first-order valence-electron chi connectivity index (χ1n) is 8.01. The molecule has 0 spiro atoms. The van der Waals surface area contributed by atoms with E-state index in [1.54, 1.807) is 6.92 Å². The number of nitrogen functional groups attached to an aromatic ring is 1. The number of anilines is 1. The second-order valence-corrected chi connectivity index (χ2v) is 4.63. The lowest BCUT2D eigenvalue weighted by Crippen LogP contribution is -2.11. The van der Waals surface area contributed by atoms with E-state index >= 15 is 0 Å². The molecule has 2 N–H and O–H groups in total. The van der Waals surface area contributed by atoms with Crippen LogP contribution in [0, 0.1) is 0 Å². The van der Waals surface area contributed by atoms with E-state index in [0.29, 0.717) is 24.5 Å². The van der Waals surface area contributed by atoms with Gasteiger partial charge in [-0.15, -0.1) is 0 Å². The zero-order valence-corrected chi connectivity index (χ0v) is 14.4. The molecule has 4 heteroatoms. The van der Waals surface area contributed by atoms with Gasteiger partial charge in [-0.25, -0.2) is 4.79 Å². The van der Waals surface area contributed by atoms with Crippen LogP contribution in [0.2, 0.25) is 0 Å². The maximum Gasteiger partial charge on any atom is 0.354 e. The molecule has 0 aliphatic heterocycles. The lowest BCUT2D eigenvalue weighted by atomic mass is 10.2. The Balaban J connectivity index is 0.00000127. The van der Waals surface area contributed by atoms with Crippen LogP contribution in [0.5, 0.6) is 0 Å². The lowest BCUT2D eigenvalue weighted by molar-refractivity contribution is 0.0515. The summed E-state index contributed by atoms with van der Waals surface area (Å²) in [4.78, 5) is 12.1. The Kier molecular flexibility index (Phi) is 7.67. The van der Waals surface area contributed by atoms with Crippen molar-refractivity contribution < 1.29 is 9.53 Å². The van der Waals surface area contributed by atoms with E-state index in [-0.39, 0.29) is 5.97 Å². The average molecular weight is 314 g/mol. The fraction of sp³-hybridized carbons (Fsp3) is 0.316. The van der Waals surface area contributed by atoms with Crippen molar-refractivity contribution in [3.8, 4) is 0 Å². The van der Waals surface area contributed by atoms with Crippen LogP contribution in [0.25, 0.3) is 10.9 Å². The molecule has 0 amide bonds. The second-order valence-electron chi connectivity index (χ2n) is 4.63. The Hall–Kier alpha value is -2.49. The van der Waals surface area contributed by atoms with Gasteiger partial charge >= 0.3 is 5.97 Å². The van der Waals surface area contributed by atoms with E-state index in [9.17, 15) is 4.79 Å². The smallest absolute Gasteiger partial charge is 0.354 e. The van der Waals surface area contributed by atoms with Crippen LogP contribution in [0.15, 0.2) is 48.6 Å². The quantitative estimate of drug-likeness (QED) is 0.500. The number of aromatic nitrogens is 1. The number of carbonyl (C=O) groups is 1. The summed E-state index contributed by atoms with van der Waals surface area (Å²) in [6.45, 7) is 8.72. The number of hydrogen-bond acceptors (Lipinski definition) is 3. The Morgan fingerprint density at radius 2 is 2.00 bits per heavy atom. The molecular formula is C19H26N2O2. The van der Waals surface area contributed by atoms with Crippen molar-refractivity contribution in [1.82, 2.24) is 4.57 Å². The molecule has 1 aromatic carbocycles. The van der Waals surface area contributed by atoms with Crippen LogP contribution in [-0.4, -0.2) is 17.1 Å². The average Bonchev–Trinajstić information content (AvgIpc) is 2.91. The van der Waals surface area contributed by atoms with Crippen molar-refractivity contribution in [3.05, 3.63) is 54.3 Å². The molecule has 2 aromatic rings. The van der Waals surface area contributed by atoms with E-state index < -0.39 is 0 Å². The molecule has 1 aromatic heterocycles. The maximum absolute atomic E-state index is 12.1. The first-order valence-corrected chi connectivity index (χ1v) is 8.01. The molecule has 0 aliphatic rings. The molecule has 0 radical (unpaired) electrons. The molecule has 124 valence electrons. The van der Waals surface area contributed by atoms with Gasteiger partial charge < -0.3 is 15.0 Å². The largest absolute Gasteiger partial charge is 0.461 e. The summed E-state index contributed by atoms with van der Waals surface area (Å²) in [6.07, 6.45) is 7.86. The minimum atomic E-state index is -0.313.